The number of carboxylic acids is 1. The molecule has 0 rings (SSSR count). The molecule has 13 nitrogen and oxygen atoms in total. The summed E-state index contributed by atoms with van der Waals surface area (Å²) in [5.41, 5.74) is -9.49. The van der Waals surface area contributed by atoms with Gasteiger partial charge in [0.2, 0.25) is 11.4 Å². The molecule has 0 fully saturated rings. The fourth-order valence-electron chi connectivity index (χ4n) is 4.34. The number of carbonyl (C=O) groups is 6. The molecule has 0 saturated carbocycles. The van der Waals surface area contributed by atoms with Gasteiger partial charge in [0.1, 0.15) is 12.2 Å². The van der Waals surface area contributed by atoms with Crippen LogP contribution in [0.2, 0.25) is 0 Å². The number of Topliss-reactive ketones (excluding diaryl/α,β-unsaturated/α-hetero) is 3. The second-order valence-corrected chi connectivity index (χ2v) is 10.4. The van der Waals surface area contributed by atoms with E-state index in [2.05, 4.69) is 5.32 Å². The molecule has 39 heavy (non-hydrogen) atoms. The van der Waals surface area contributed by atoms with Gasteiger partial charge in [0.05, 0.1) is 6.04 Å². The number of likely N-dealkylation sites (N-methyl/N-ethyl adjacent to an activating group) is 3. The first-order valence-electron chi connectivity index (χ1n) is 14.5. The van der Waals surface area contributed by atoms with E-state index in [1.807, 2.05) is 0 Å². The van der Waals surface area contributed by atoms with E-state index >= 15 is 4.79 Å². The molecule has 224 valence electrons. The van der Waals surface area contributed by atoms with Gasteiger partial charge in [-0.3, -0.25) is 24.0 Å². The Labute approximate surface area is 233 Å². The van der Waals surface area contributed by atoms with Gasteiger partial charge in [-0.15, -0.1) is 0 Å². The Kier molecular flexibility index (Phi) is 10.3. The molecule has 0 aliphatic heterocycles. The SMILES string of the molecule is [2H]CN[C@H](C(=O)[C@](C)(C(=O)[C@@](C(=O)[C@@](C)(O)C(=O)O)([C@@H](C)CC)N(C[2H])C(=O)[C@H](C)O)N(C[2H])C(=O)[C@H](C)O)C(C)C. The summed E-state index contributed by atoms with van der Waals surface area (Å²) in [4.78, 5) is 82.9. The highest BCUT2D eigenvalue weighted by molar-refractivity contribution is 6.30. The first-order valence-corrected chi connectivity index (χ1v) is 12.3. The lowest BCUT2D eigenvalue weighted by Crippen LogP contribution is -2.78. The number of hydrogen-bond donors (Lipinski definition) is 5. The number of rotatable bonds is 15. The van der Waals surface area contributed by atoms with Crippen LogP contribution in [-0.4, -0.2) is 121 Å². The van der Waals surface area contributed by atoms with Crippen LogP contribution in [0.5, 0.6) is 0 Å². The molecule has 5 N–H and O–H groups in total. The monoisotopic (exact) mass is 562 g/mol. The molecule has 7 atom stereocenters. The van der Waals surface area contributed by atoms with Crippen LogP contribution in [0.4, 0.5) is 0 Å². The van der Waals surface area contributed by atoms with Crippen LogP contribution in [0, 0.1) is 11.8 Å². The Morgan fingerprint density at radius 3 is 1.67 bits per heavy atom. The average molecular weight is 563 g/mol. The summed E-state index contributed by atoms with van der Waals surface area (Å²) in [6.45, 7) is 9.09. The van der Waals surface area contributed by atoms with Gasteiger partial charge in [-0.05, 0) is 46.6 Å². The third-order valence-corrected chi connectivity index (χ3v) is 7.18. The van der Waals surface area contributed by atoms with E-state index in [0.717, 1.165) is 20.8 Å². The number of aliphatic carboxylic acids is 1. The van der Waals surface area contributed by atoms with Crippen LogP contribution in [0.25, 0.3) is 0 Å². The summed E-state index contributed by atoms with van der Waals surface area (Å²) >= 11 is 0. The summed E-state index contributed by atoms with van der Waals surface area (Å²) in [5.74, 6) is -11.6. The fraction of sp³-hybridized carbons (Fsp3) is 0.769. The molecular weight excluding hydrogens is 514 g/mol. The van der Waals surface area contributed by atoms with Gasteiger partial charge in [0.15, 0.2) is 22.6 Å². The zero-order chi connectivity index (χ0) is 33.5. The molecule has 0 unspecified atom stereocenters. The van der Waals surface area contributed by atoms with E-state index in [9.17, 15) is 44.4 Å². The van der Waals surface area contributed by atoms with Crippen LogP contribution < -0.4 is 5.32 Å². The van der Waals surface area contributed by atoms with Crippen molar-refractivity contribution in [3.05, 3.63) is 0 Å². The maximum atomic E-state index is 15.1. The topological polar surface area (TPSA) is 202 Å². The Morgan fingerprint density at radius 2 is 1.33 bits per heavy atom. The lowest BCUT2D eigenvalue weighted by atomic mass is 9.63. The Morgan fingerprint density at radius 1 is 0.872 bits per heavy atom. The molecule has 0 bridgehead atoms. The van der Waals surface area contributed by atoms with Crippen molar-refractivity contribution < 1.29 is 53.3 Å². The summed E-state index contributed by atoms with van der Waals surface area (Å²) in [5, 5.41) is 43.5. The van der Waals surface area contributed by atoms with Crippen molar-refractivity contribution in [3.8, 4) is 0 Å². The normalized spacial score (nSPS) is 20.4. The predicted octanol–water partition coefficient (Wildman–Crippen LogP) is -1.00. The van der Waals surface area contributed by atoms with Gasteiger partial charge >= 0.3 is 5.97 Å². The second kappa shape index (κ2) is 13.1. The van der Waals surface area contributed by atoms with Crippen molar-refractivity contribution in [3.63, 3.8) is 0 Å². The van der Waals surface area contributed by atoms with Crippen molar-refractivity contribution in [1.82, 2.24) is 15.1 Å². The number of ketones is 3. The van der Waals surface area contributed by atoms with Gasteiger partial charge < -0.3 is 35.5 Å². The van der Waals surface area contributed by atoms with Gasteiger partial charge in [0.25, 0.3) is 11.8 Å². The zero-order valence-electron chi connectivity index (χ0n) is 26.8. The second-order valence-electron chi connectivity index (χ2n) is 10.4. The highest BCUT2D eigenvalue weighted by Gasteiger charge is 2.67. The maximum absolute atomic E-state index is 15.1. The van der Waals surface area contributed by atoms with Gasteiger partial charge in [-0.2, -0.15) is 0 Å². The maximum Gasteiger partial charge on any atom is 0.343 e. The standard InChI is InChI=1S/C26H45N3O10/c1-12-14(4)26(29(11)20(34)16(6)31,22(36)25(8,39)23(37)38)21(35)24(7,28(10)19(33)15(5)30)18(32)17(27-9)13(2)3/h13-17,27,30-31,39H,12H2,1-11H3,(H,37,38)/t14-,15-,16-,17-,24+,25+,26+/m0/s1/i9D,10D,11D. The third-order valence-electron chi connectivity index (χ3n) is 7.18. The number of nitrogens with one attached hydrogen (secondary N) is 1. The molecule has 2 amide bonds. The minimum Gasteiger partial charge on any atom is -0.479 e. The van der Waals surface area contributed by atoms with E-state index in [1.165, 1.54) is 27.7 Å². The predicted molar refractivity (Wildman–Crippen MR) is 140 cm³/mol. The van der Waals surface area contributed by atoms with Gasteiger partial charge in [0, 0.05) is 18.2 Å². The molecule has 0 spiro atoms. The largest absolute Gasteiger partial charge is 0.479 e. The molecular formula is C26H45N3O10. The van der Waals surface area contributed by atoms with Crippen LogP contribution in [0.3, 0.4) is 0 Å². The van der Waals surface area contributed by atoms with E-state index < -0.39 is 103 Å². The summed E-state index contributed by atoms with van der Waals surface area (Å²) in [6.07, 6.45) is -4.01. The van der Waals surface area contributed by atoms with E-state index in [4.69, 9.17) is 4.11 Å². The molecule has 0 saturated heterocycles. The number of hydrogen-bond acceptors (Lipinski definition) is 10. The van der Waals surface area contributed by atoms with Crippen LogP contribution in [0.15, 0.2) is 0 Å². The molecule has 0 aliphatic rings. The van der Waals surface area contributed by atoms with Crippen LogP contribution >= 0.6 is 0 Å². The Hall–Kier alpha value is -2.74. The number of amides is 2. The summed E-state index contributed by atoms with van der Waals surface area (Å²) < 4.78 is 23.8. The molecule has 0 aromatic rings. The third kappa shape index (κ3) is 6.21. The fourth-order valence-corrected chi connectivity index (χ4v) is 4.34. The highest BCUT2D eigenvalue weighted by atomic mass is 16.4. The van der Waals surface area contributed by atoms with E-state index in [-0.39, 0.29) is 11.3 Å². The first kappa shape index (κ1) is 30.8. The Bertz CT molecular complexity index is 1040. The molecule has 0 heterocycles. The molecule has 0 aromatic heterocycles. The van der Waals surface area contributed by atoms with Gasteiger partial charge in [-0.25, -0.2) is 4.79 Å². The summed E-state index contributed by atoms with van der Waals surface area (Å²) in [7, 11) is -2.93. The number of nitrogens with zero attached hydrogens (tertiary/aromatic N) is 2. The lowest BCUT2D eigenvalue weighted by Gasteiger charge is -2.51. The lowest BCUT2D eigenvalue weighted by molar-refractivity contribution is -0.180. The zero-order valence-corrected chi connectivity index (χ0v) is 23.8. The number of carbonyl (C=O) groups excluding carboxylic acids is 5. The molecule has 13 heteroatoms. The Balaban J connectivity index is 8.50. The quantitative estimate of drug-likeness (QED) is 0.153. The van der Waals surface area contributed by atoms with Crippen molar-refractivity contribution >= 4 is 35.1 Å². The average Bonchev–Trinajstić information content (AvgIpc) is 2.92. The van der Waals surface area contributed by atoms with Crippen molar-refractivity contribution in [2.24, 2.45) is 11.8 Å². The minimum atomic E-state index is -3.40. The minimum absolute atomic E-state index is 0.190. The smallest absolute Gasteiger partial charge is 0.343 e. The first-order chi connectivity index (χ1) is 19.1. The molecule has 0 radical (unpaired) electrons. The molecule has 0 aliphatic carbocycles. The van der Waals surface area contributed by atoms with Crippen molar-refractivity contribution in [2.45, 2.75) is 96.7 Å². The highest BCUT2D eigenvalue weighted by Crippen LogP contribution is 2.39. The van der Waals surface area contributed by atoms with E-state index in [1.54, 1.807) is 0 Å². The van der Waals surface area contributed by atoms with Crippen molar-refractivity contribution in [2.75, 3.05) is 21.1 Å². The van der Waals surface area contributed by atoms with Crippen molar-refractivity contribution in [1.29, 1.82) is 0 Å². The van der Waals surface area contributed by atoms with E-state index in [0.29, 0.717) is 11.8 Å². The number of aliphatic hydroxyl groups is 3. The number of carboxylic acid groups (broad SMARTS) is 1. The summed E-state index contributed by atoms with van der Waals surface area (Å²) in [6, 6.07) is -1.38. The van der Waals surface area contributed by atoms with Crippen LogP contribution in [0.1, 0.15) is 65.9 Å². The number of aliphatic hydroxyl groups excluding tert-OH is 2. The van der Waals surface area contributed by atoms with Crippen LogP contribution in [-0.2, 0) is 28.8 Å². The molecule has 0 aromatic carbocycles. The van der Waals surface area contributed by atoms with Gasteiger partial charge in [-0.1, -0.05) is 34.1 Å².